The Hall–Kier alpha value is -3.58. The minimum Gasteiger partial charge on any atom is -0.311 e. The summed E-state index contributed by atoms with van der Waals surface area (Å²) in [6.45, 7) is 0. The average Bonchev–Trinajstić information content (AvgIpc) is 2.91. The topological polar surface area (TPSA) is 73.8 Å². The summed E-state index contributed by atoms with van der Waals surface area (Å²) in [5, 5.41) is 5.49. The van der Waals surface area contributed by atoms with Gasteiger partial charge in [-0.3, -0.25) is 4.79 Å². The number of anilines is 2. The van der Waals surface area contributed by atoms with Gasteiger partial charge in [0.05, 0.1) is 11.4 Å². The molecule has 1 atom stereocenters. The monoisotopic (exact) mass is 430 g/mol. The van der Waals surface area contributed by atoms with Gasteiger partial charge in [-0.15, -0.1) is 11.8 Å². The third-order valence-electron chi connectivity index (χ3n) is 5.01. The maximum absolute atomic E-state index is 13.1. The third-order valence-corrected chi connectivity index (χ3v) is 5.75. The molecule has 0 saturated heterocycles. The van der Waals surface area contributed by atoms with Crippen molar-refractivity contribution in [1.82, 2.24) is 5.32 Å². The number of amides is 3. The minimum atomic E-state index is -1.06. The number of likely N-dealkylation sites (N-methyl/N-ethyl adjacent to an activating group) is 1. The molecule has 0 radical (unpaired) electrons. The highest BCUT2D eigenvalue weighted by atomic mass is 32.2. The zero-order chi connectivity index (χ0) is 21.8. The molecular weight excluding hydrogens is 408 g/mol. The fourth-order valence-corrected chi connectivity index (χ4v) is 3.82. The van der Waals surface area contributed by atoms with Gasteiger partial charge in [0.15, 0.2) is 0 Å². The largest absolute Gasteiger partial charge is 0.321 e. The third kappa shape index (κ3) is 4.46. The molecule has 0 aliphatic carbocycles. The van der Waals surface area contributed by atoms with Gasteiger partial charge < -0.3 is 15.5 Å². The fourth-order valence-electron chi connectivity index (χ4n) is 3.41. The maximum atomic E-state index is 13.1. The van der Waals surface area contributed by atoms with Gasteiger partial charge >= 0.3 is 6.03 Å². The van der Waals surface area contributed by atoms with Crippen LogP contribution in [-0.4, -0.2) is 37.1 Å². The van der Waals surface area contributed by atoms with Crippen LogP contribution in [0.15, 0.2) is 88.8 Å². The van der Waals surface area contributed by atoms with Crippen LogP contribution in [-0.2, 0) is 4.79 Å². The van der Waals surface area contributed by atoms with Gasteiger partial charge in [0, 0.05) is 28.8 Å². The van der Waals surface area contributed by atoms with E-state index in [1.807, 2.05) is 85.1 Å². The summed E-state index contributed by atoms with van der Waals surface area (Å²) in [6, 6.07) is 24.2. The second-order valence-corrected chi connectivity index (χ2v) is 7.87. The number of benzene rings is 3. The van der Waals surface area contributed by atoms with Crippen molar-refractivity contribution in [2.45, 2.75) is 11.1 Å². The molecule has 3 amide bonds. The molecule has 31 heavy (non-hydrogen) atoms. The minimum absolute atomic E-state index is 0.314. The first kappa shape index (κ1) is 20.7. The summed E-state index contributed by atoms with van der Waals surface area (Å²) in [6.07, 6.45) is 0.932. The number of nitrogens with zero attached hydrogens (tertiary/aromatic N) is 2. The van der Waals surface area contributed by atoms with Crippen molar-refractivity contribution >= 4 is 40.8 Å². The normalized spacial score (nSPS) is 15.5. The lowest BCUT2D eigenvalue weighted by atomic mass is 10.0. The number of nitrogens with one attached hydrogen (secondary N) is 2. The van der Waals surface area contributed by atoms with Crippen molar-refractivity contribution in [1.29, 1.82) is 0 Å². The van der Waals surface area contributed by atoms with Crippen molar-refractivity contribution in [2.24, 2.45) is 4.99 Å². The van der Waals surface area contributed by atoms with Crippen LogP contribution in [0.5, 0.6) is 0 Å². The average molecular weight is 431 g/mol. The molecule has 156 valence electrons. The highest BCUT2D eigenvalue weighted by molar-refractivity contribution is 7.98. The van der Waals surface area contributed by atoms with E-state index < -0.39 is 12.2 Å². The molecule has 4 rings (SSSR count). The Balaban J connectivity index is 1.65. The van der Waals surface area contributed by atoms with Gasteiger partial charge in [-0.25, -0.2) is 9.79 Å². The lowest BCUT2D eigenvalue weighted by Gasteiger charge is -2.21. The van der Waals surface area contributed by atoms with Gasteiger partial charge in [0.25, 0.3) is 5.91 Å². The van der Waals surface area contributed by atoms with Crippen molar-refractivity contribution < 1.29 is 9.59 Å². The maximum Gasteiger partial charge on any atom is 0.321 e. The van der Waals surface area contributed by atoms with Crippen LogP contribution < -0.4 is 15.5 Å². The second kappa shape index (κ2) is 9.06. The number of para-hydroxylation sites is 1. The van der Waals surface area contributed by atoms with E-state index >= 15 is 0 Å². The number of thioether (sulfide) groups is 1. The number of aliphatic imine (C=N–C) groups is 1. The first-order valence-corrected chi connectivity index (χ1v) is 11.0. The SMILES string of the molecule is CSc1ccc(NC(=O)N[C@H]2N=C(c3ccccc3)c3ccccc3N(C)C2=O)cc1. The molecule has 2 N–H and O–H groups in total. The van der Waals surface area contributed by atoms with Crippen LogP contribution in [0.4, 0.5) is 16.2 Å². The highest BCUT2D eigenvalue weighted by Crippen LogP contribution is 2.27. The number of urea groups is 1. The standard InChI is InChI=1S/C24H22N4O2S/c1-28-20-11-7-6-10-19(20)21(16-8-4-3-5-9-16)26-22(23(28)29)27-24(30)25-17-12-14-18(31-2)15-13-17/h3-15,22H,1-2H3,(H2,25,27,30)/t22-/m1/s1. The first-order valence-electron chi connectivity index (χ1n) is 9.78. The van der Waals surface area contributed by atoms with Crippen molar-refractivity contribution in [3.05, 3.63) is 90.0 Å². The van der Waals surface area contributed by atoms with E-state index in [9.17, 15) is 9.59 Å². The number of fused-ring (bicyclic) bond motifs is 1. The Bertz CT molecular complexity index is 1130. The summed E-state index contributed by atoms with van der Waals surface area (Å²) in [5.74, 6) is -0.314. The van der Waals surface area contributed by atoms with Crippen molar-refractivity contribution in [3.8, 4) is 0 Å². The van der Waals surface area contributed by atoms with Gasteiger partial charge in [-0.1, -0.05) is 48.5 Å². The predicted molar refractivity (Wildman–Crippen MR) is 126 cm³/mol. The summed E-state index contributed by atoms with van der Waals surface area (Å²) in [7, 11) is 1.69. The molecule has 1 aliphatic rings. The van der Waals surface area contributed by atoms with Crippen LogP contribution in [0.2, 0.25) is 0 Å². The Kier molecular flexibility index (Phi) is 6.04. The van der Waals surface area contributed by atoms with E-state index in [1.54, 1.807) is 18.8 Å². The number of rotatable bonds is 4. The lowest BCUT2D eigenvalue weighted by Crippen LogP contribution is -2.47. The molecule has 0 bridgehead atoms. The zero-order valence-electron chi connectivity index (χ0n) is 17.2. The van der Waals surface area contributed by atoms with Crippen LogP contribution in [0.1, 0.15) is 11.1 Å². The van der Waals surface area contributed by atoms with Crippen LogP contribution >= 0.6 is 11.8 Å². The van der Waals surface area contributed by atoms with Gasteiger partial charge in [-0.05, 0) is 36.6 Å². The van der Waals surface area contributed by atoms with Crippen molar-refractivity contribution in [3.63, 3.8) is 0 Å². The van der Waals surface area contributed by atoms with Gasteiger partial charge in [0.2, 0.25) is 6.17 Å². The number of hydrogen-bond acceptors (Lipinski definition) is 4. The van der Waals surface area contributed by atoms with Gasteiger partial charge in [0.1, 0.15) is 0 Å². The highest BCUT2D eigenvalue weighted by Gasteiger charge is 2.30. The molecular formula is C24H22N4O2S. The number of benzodiazepines with no additional fused rings is 1. The quantitative estimate of drug-likeness (QED) is 0.604. The van der Waals surface area contributed by atoms with E-state index in [0.717, 1.165) is 21.7 Å². The second-order valence-electron chi connectivity index (χ2n) is 6.99. The molecule has 1 aliphatic heterocycles. The number of hydrogen-bond donors (Lipinski definition) is 2. The van der Waals surface area contributed by atoms with E-state index in [0.29, 0.717) is 11.4 Å². The number of carbonyl (C=O) groups is 2. The fraction of sp³-hybridized carbons (Fsp3) is 0.125. The molecule has 0 saturated carbocycles. The Labute approximate surface area is 185 Å². The Morgan fingerprint density at radius 1 is 0.968 bits per heavy atom. The molecule has 0 aromatic heterocycles. The van der Waals surface area contributed by atoms with Crippen LogP contribution in [0, 0.1) is 0 Å². The molecule has 0 spiro atoms. The van der Waals surface area contributed by atoms with E-state index in [2.05, 4.69) is 15.6 Å². The first-order chi connectivity index (χ1) is 15.1. The smallest absolute Gasteiger partial charge is 0.311 e. The summed E-state index contributed by atoms with van der Waals surface area (Å²) in [5.41, 5.74) is 3.75. The summed E-state index contributed by atoms with van der Waals surface area (Å²) < 4.78 is 0. The van der Waals surface area contributed by atoms with Gasteiger partial charge in [-0.2, -0.15) is 0 Å². The predicted octanol–water partition coefficient (Wildman–Crippen LogP) is 4.37. The van der Waals surface area contributed by atoms with Crippen LogP contribution in [0.25, 0.3) is 0 Å². The Morgan fingerprint density at radius 3 is 2.35 bits per heavy atom. The van der Waals surface area contributed by atoms with E-state index in [4.69, 9.17) is 0 Å². The molecule has 0 unspecified atom stereocenters. The molecule has 1 heterocycles. The number of carbonyl (C=O) groups excluding carboxylic acids is 2. The molecule has 3 aromatic rings. The van der Waals surface area contributed by atoms with Crippen LogP contribution in [0.3, 0.4) is 0 Å². The molecule has 0 fully saturated rings. The summed E-state index contributed by atoms with van der Waals surface area (Å²) in [4.78, 5) is 33.1. The summed E-state index contributed by atoms with van der Waals surface area (Å²) >= 11 is 1.62. The Morgan fingerprint density at radius 2 is 1.65 bits per heavy atom. The van der Waals surface area contributed by atoms with E-state index in [-0.39, 0.29) is 5.91 Å². The molecule has 3 aromatic carbocycles. The molecule has 6 nitrogen and oxygen atoms in total. The molecule has 7 heteroatoms. The van der Waals surface area contributed by atoms with Crippen molar-refractivity contribution in [2.75, 3.05) is 23.5 Å². The zero-order valence-corrected chi connectivity index (χ0v) is 18.0. The van der Waals surface area contributed by atoms with E-state index in [1.165, 1.54) is 4.90 Å². The lowest BCUT2D eigenvalue weighted by molar-refractivity contribution is -0.119.